The standard InChI is InChI=1S/C25H26/c1-2-3-4-11-16-25(23-14-9-6-10-15-23)24-19-17-22(18-20-24)21-12-7-5-8-13-21/h5-10,12-20H,2-4,11H2,1H3/b25-16+. The van der Waals surface area contributed by atoms with Gasteiger partial charge in [-0.3, -0.25) is 0 Å². The molecule has 0 fully saturated rings. The number of rotatable bonds is 7. The Kier molecular flexibility index (Phi) is 6.23. The quantitative estimate of drug-likeness (QED) is 0.398. The molecule has 126 valence electrons. The van der Waals surface area contributed by atoms with E-state index >= 15 is 0 Å². The molecule has 0 nitrogen and oxygen atoms in total. The highest BCUT2D eigenvalue weighted by molar-refractivity contribution is 5.81. The second-order valence-electron chi connectivity index (χ2n) is 6.42. The van der Waals surface area contributed by atoms with E-state index in [-0.39, 0.29) is 0 Å². The van der Waals surface area contributed by atoms with Gasteiger partial charge in [-0.15, -0.1) is 0 Å². The lowest BCUT2D eigenvalue weighted by Gasteiger charge is -2.10. The second kappa shape index (κ2) is 9.03. The number of allylic oxidation sites excluding steroid dienone is 1. The highest BCUT2D eigenvalue weighted by Gasteiger charge is 2.05. The van der Waals surface area contributed by atoms with Gasteiger partial charge in [0.05, 0.1) is 0 Å². The minimum Gasteiger partial charge on any atom is -0.0761 e. The molecule has 0 saturated heterocycles. The molecule has 0 unspecified atom stereocenters. The summed E-state index contributed by atoms with van der Waals surface area (Å²) in [6.45, 7) is 2.25. The molecule has 0 aliphatic rings. The first-order valence-corrected chi connectivity index (χ1v) is 9.30. The Morgan fingerprint density at radius 1 is 0.640 bits per heavy atom. The highest BCUT2D eigenvalue weighted by Crippen LogP contribution is 2.27. The molecule has 0 aliphatic carbocycles. The maximum atomic E-state index is 2.41. The monoisotopic (exact) mass is 326 g/mol. The van der Waals surface area contributed by atoms with Crippen molar-refractivity contribution >= 4 is 5.57 Å². The Labute approximate surface area is 151 Å². The van der Waals surface area contributed by atoms with Gasteiger partial charge < -0.3 is 0 Å². The minimum absolute atomic E-state index is 1.14. The van der Waals surface area contributed by atoms with Crippen molar-refractivity contribution in [2.45, 2.75) is 32.6 Å². The molecule has 0 heteroatoms. The summed E-state index contributed by atoms with van der Waals surface area (Å²) in [5.41, 5.74) is 6.47. The molecule has 0 heterocycles. The fraction of sp³-hybridized carbons (Fsp3) is 0.200. The largest absolute Gasteiger partial charge is 0.0761 e. The molecule has 3 rings (SSSR count). The van der Waals surface area contributed by atoms with Gasteiger partial charge >= 0.3 is 0 Å². The van der Waals surface area contributed by atoms with Crippen LogP contribution < -0.4 is 0 Å². The van der Waals surface area contributed by atoms with Crippen LogP contribution in [0, 0.1) is 0 Å². The number of hydrogen-bond acceptors (Lipinski definition) is 0. The van der Waals surface area contributed by atoms with Gasteiger partial charge in [-0.25, -0.2) is 0 Å². The Bertz CT molecular complexity index is 780. The van der Waals surface area contributed by atoms with E-state index in [2.05, 4.69) is 97.9 Å². The van der Waals surface area contributed by atoms with E-state index in [1.165, 1.54) is 47.1 Å². The van der Waals surface area contributed by atoms with E-state index in [1.54, 1.807) is 0 Å². The smallest absolute Gasteiger partial charge is 0.0151 e. The summed E-state index contributed by atoms with van der Waals surface area (Å²) in [7, 11) is 0. The van der Waals surface area contributed by atoms with E-state index in [1.807, 2.05) is 0 Å². The molecule has 0 N–H and O–H groups in total. The summed E-state index contributed by atoms with van der Waals surface area (Å²) < 4.78 is 0. The van der Waals surface area contributed by atoms with Crippen LogP contribution in [-0.4, -0.2) is 0 Å². The zero-order chi connectivity index (χ0) is 17.3. The van der Waals surface area contributed by atoms with Gasteiger partial charge in [0.2, 0.25) is 0 Å². The predicted octanol–water partition coefficient (Wildman–Crippen LogP) is 7.37. The van der Waals surface area contributed by atoms with Gasteiger partial charge in [-0.1, -0.05) is 111 Å². The van der Waals surface area contributed by atoms with Crippen LogP contribution in [0.3, 0.4) is 0 Å². The van der Waals surface area contributed by atoms with Crippen LogP contribution in [0.25, 0.3) is 16.7 Å². The Morgan fingerprint density at radius 2 is 1.20 bits per heavy atom. The van der Waals surface area contributed by atoms with Crippen LogP contribution in [0.4, 0.5) is 0 Å². The van der Waals surface area contributed by atoms with Crippen LogP contribution in [0.1, 0.15) is 43.7 Å². The van der Waals surface area contributed by atoms with Crippen LogP contribution >= 0.6 is 0 Å². The lowest BCUT2D eigenvalue weighted by molar-refractivity contribution is 0.730. The predicted molar refractivity (Wildman–Crippen MR) is 110 cm³/mol. The number of hydrogen-bond donors (Lipinski definition) is 0. The summed E-state index contributed by atoms with van der Waals surface area (Å²) in [5.74, 6) is 0. The van der Waals surface area contributed by atoms with Gasteiger partial charge in [-0.2, -0.15) is 0 Å². The lowest BCUT2D eigenvalue weighted by atomic mass is 9.94. The van der Waals surface area contributed by atoms with Crippen LogP contribution in [0.5, 0.6) is 0 Å². The normalized spacial score (nSPS) is 11.5. The minimum atomic E-state index is 1.14. The van der Waals surface area contributed by atoms with Crippen molar-refractivity contribution in [2.75, 3.05) is 0 Å². The van der Waals surface area contributed by atoms with Crippen LogP contribution in [0.15, 0.2) is 91.0 Å². The topological polar surface area (TPSA) is 0 Å². The molecule has 0 spiro atoms. The van der Waals surface area contributed by atoms with Crippen molar-refractivity contribution in [1.29, 1.82) is 0 Å². The maximum absolute atomic E-state index is 2.41. The number of unbranched alkanes of at least 4 members (excludes halogenated alkanes) is 3. The molecule has 3 aromatic rings. The summed E-state index contributed by atoms with van der Waals surface area (Å²) in [5, 5.41) is 0. The van der Waals surface area contributed by atoms with Gasteiger partial charge in [0, 0.05) is 0 Å². The third-order valence-corrected chi connectivity index (χ3v) is 4.54. The molecular formula is C25H26. The Balaban J connectivity index is 1.88. The summed E-state index contributed by atoms with van der Waals surface area (Å²) in [6.07, 6.45) is 7.36. The molecule has 3 aromatic carbocycles. The highest BCUT2D eigenvalue weighted by atomic mass is 14.1. The fourth-order valence-electron chi connectivity index (χ4n) is 3.13. The number of benzene rings is 3. The molecule has 0 amide bonds. The molecule has 0 atom stereocenters. The first-order chi connectivity index (χ1) is 12.4. The summed E-state index contributed by atoms with van der Waals surface area (Å²) in [6, 6.07) is 30.2. The maximum Gasteiger partial charge on any atom is -0.0151 e. The van der Waals surface area contributed by atoms with Crippen molar-refractivity contribution in [3.8, 4) is 11.1 Å². The molecule has 0 aliphatic heterocycles. The fourth-order valence-corrected chi connectivity index (χ4v) is 3.13. The first-order valence-electron chi connectivity index (χ1n) is 9.30. The van der Waals surface area contributed by atoms with Crippen LogP contribution in [-0.2, 0) is 0 Å². The van der Waals surface area contributed by atoms with E-state index in [4.69, 9.17) is 0 Å². The molecule has 0 aromatic heterocycles. The third-order valence-electron chi connectivity index (χ3n) is 4.54. The van der Waals surface area contributed by atoms with Gasteiger partial charge in [0.1, 0.15) is 0 Å². The average Bonchev–Trinajstić information content (AvgIpc) is 2.70. The van der Waals surface area contributed by atoms with Crippen molar-refractivity contribution in [3.05, 3.63) is 102 Å². The van der Waals surface area contributed by atoms with E-state index in [9.17, 15) is 0 Å². The lowest BCUT2D eigenvalue weighted by Crippen LogP contribution is -1.89. The summed E-state index contributed by atoms with van der Waals surface area (Å²) in [4.78, 5) is 0. The van der Waals surface area contributed by atoms with Gasteiger partial charge in [-0.05, 0) is 40.7 Å². The van der Waals surface area contributed by atoms with Gasteiger partial charge in [0.15, 0.2) is 0 Å². The first kappa shape index (κ1) is 17.2. The van der Waals surface area contributed by atoms with Crippen LogP contribution in [0.2, 0.25) is 0 Å². The SMILES string of the molecule is CCCCC/C=C(\c1ccccc1)c1ccc(-c2ccccc2)cc1. The Morgan fingerprint density at radius 3 is 1.84 bits per heavy atom. The zero-order valence-corrected chi connectivity index (χ0v) is 15.0. The summed E-state index contributed by atoms with van der Waals surface area (Å²) >= 11 is 0. The van der Waals surface area contributed by atoms with E-state index in [0.717, 1.165) is 6.42 Å². The molecule has 25 heavy (non-hydrogen) atoms. The molecular weight excluding hydrogens is 300 g/mol. The molecule has 0 bridgehead atoms. The second-order valence-corrected chi connectivity index (χ2v) is 6.42. The zero-order valence-electron chi connectivity index (χ0n) is 15.0. The van der Waals surface area contributed by atoms with E-state index in [0.29, 0.717) is 0 Å². The van der Waals surface area contributed by atoms with Gasteiger partial charge in [0.25, 0.3) is 0 Å². The van der Waals surface area contributed by atoms with Crippen molar-refractivity contribution in [1.82, 2.24) is 0 Å². The van der Waals surface area contributed by atoms with E-state index < -0.39 is 0 Å². The van der Waals surface area contributed by atoms with Crippen molar-refractivity contribution in [3.63, 3.8) is 0 Å². The van der Waals surface area contributed by atoms with Crippen molar-refractivity contribution in [2.24, 2.45) is 0 Å². The third kappa shape index (κ3) is 4.70. The molecule has 0 radical (unpaired) electrons. The Hall–Kier alpha value is -2.60. The molecule has 0 saturated carbocycles. The van der Waals surface area contributed by atoms with Crippen molar-refractivity contribution < 1.29 is 0 Å². The average molecular weight is 326 g/mol.